The van der Waals surface area contributed by atoms with E-state index >= 15 is 0 Å². The predicted octanol–water partition coefficient (Wildman–Crippen LogP) is 4.72. The van der Waals surface area contributed by atoms with E-state index in [1.165, 1.54) is 0 Å². The average molecular weight is 486 g/mol. The summed E-state index contributed by atoms with van der Waals surface area (Å²) in [5.41, 5.74) is 4.77. The van der Waals surface area contributed by atoms with Crippen molar-refractivity contribution in [1.29, 1.82) is 0 Å². The predicted molar refractivity (Wildman–Crippen MR) is 134 cm³/mol. The highest BCUT2D eigenvalue weighted by Gasteiger charge is 2.48. The minimum atomic E-state index is -0.596. The zero-order chi connectivity index (χ0) is 24.1. The Morgan fingerprint density at radius 1 is 1.03 bits per heavy atom. The maximum absolute atomic E-state index is 13.8. The zero-order valence-electron chi connectivity index (χ0n) is 19.2. The smallest absolute Gasteiger partial charge is 0.246 e. The number of aromatic amines is 1. The molecule has 3 aromatic carbocycles. The molecule has 0 spiro atoms. The van der Waals surface area contributed by atoms with Crippen molar-refractivity contribution in [2.45, 2.75) is 25.0 Å². The molecule has 2 aliphatic heterocycles. The molecule has 1 N–H and O–H groups in total. The fourth-order valence-electron chi connectivity index (χ4n) is 5.45. The van der Waals surface area contributed by atoms with Crippen molar-refractivity contribution in [3.63, 3.8) is 0 Å². The molecule has 1 fully saturated rings. The number of carbonyl (C=O) groups is 2. The quantitative estimate of drug-likeness (QED) is 0.455. The monoisotopic (exact) mass is 485 g/mol. The first-order valence-corrected chi connectivity index (χ1v) is 12.0. The summed E-state index contributed by atoms with van der Waals surface area (Å²) in [5, 5.41) is 1.67. The van der Waals surface area contributed by atoms with Crippen LogP contribution in [-0.4, -0.2) is 46.3 Å². The fraction of sp³-hybridized carbons (Fsp3) is 0.214. The molecule has 2 aliphatic rings. The SMILES string of the molecule is COc1cccc([C@H]2c3[nH]c4ccccc4c3C[C@H]3C(=O)N(Cc4ccccc4Cl)CC(=O)N23)c1. The Balaban J connectivity index is 1.46. The summed E-state index contributed by atoms with van der Waals surface area (Å²) in [6.45, 7) is 0.315. The first-order chi connectivity index (χ1) is 17.0. The average Bonchev–Trinajstić information content (AvgIpc) is 3.25. The third-order valence-corrected chi connectivity index (χ3v) is 7.44. The number of amides is 2. The molecular formula is C28H24ClN3O3. The number of piperazine rings is 1. The lowest BCUT2D eigenvalue weighted by Crippen LogP contribution is -2.62. The first-order valence-electron chi connectivity index (χ1n) is 11.6. The van der Waals surface area contributed by atoms with E-state index in [0.717, 1.165) is 33.3 Å². The number of halogens is 1. The second-order valence-electron chi connectivity index (χ2n) is 9.05. The second kappa shape index (κ2) is 8.47. The molecule has 6 nitrogen and oxygen atoms in total. The fourth-order valence-corrected chi connectivity index (χ4v) is 5.64. The van der Waals surface area contributed by atoms with Gasteiger partial charge in [-0.1, -0.05) is 60.1 Å². The van der Waals surface area contributed by atoms with Crippen LogP contribution in [0.3, 0.4) is 0 Å². The van der Waals surface area contributed by atoms with Crippen LogP contribution in [0.5, 0.6) is 5.75 Å². The summed E-state index contributed by atoms with van der Waals surface area (Å²) in [4.78, 5) is 34.5. The van der Waals surface area contributed by atoms with E-state index in [4.69, 9.17) is 16.3 Å². The molecular weight excluding hydrogens is 462 g/mol. The van der Waals surface area contributed by atoms with Crippen molar-refractivity contribution in [2.75, 3.05) is 13.7 Å². The summed E-state index contributed by atoms with van der Waals surface area (Å²) >= 11 is 6.37. The Hall–Kier alpha value is -3.77. The molecule has 7 heteroatoms. The minimum Gasteiger partial charge on any atom is -0.497 e. The zero-order valence-corrected chi connectivity index (χ0v) is 20.0. The van der Waals surface area contributed by atoms with Gasteiger partial charge in [0.15, 0.2) is 0 Å². The van der Waals surface area contributed by atoms with Gasteiger partial charge in [-0.3, -0.25) is 9.59 Å². The molecule has 35 heavy (non-hydrogen) atoms. The lowest BCUT2D eigenvalue weighted by Gasteiger charge is -2.47. The third-order valence-electron chi connectivity index (χ3n) is 7.07. The molecule has 1 aromatic heterocycles. The van der Waals surface area contributed by atoms with Crippen molar-refractivity contribution in [2.24, 2.45) is 0 Å². The number of benzene rings is 3. The summed E-state index contributed by atoms with van der Waals surface area (Å²) in [5.74, 6) is 0.561. The van der Waals surface area contributed by atoms with Crippen LogP contribution < -0.4 is 4.74 Å². The maximum atomic E-state index is 13.8. The number of ether oxygens (including phenoxy) is 1. The van der Waals surface area contributed by atoms with Gasteiger partial charge in [-0.05, 0) is 41.0 Å². The lowest BCUT2D eigenvalue weighted by atomic mass is 9.86. The van der Waals surface area contributed by atoms with Crippen LogP contribution in [0.4, 0.5) is 0 Å². The molecule has 1 saturated heterocycles. The largest absolute Gasteiger partial charge is 0.497 e. The van der Waals surface area contributed by atoms with Crippen LogP contribution >= 0.6 is 11.6 Å². The van der Waals surface area contributed by atoms with Crippen LogP contribution in [0.25, 0.3) is 10.9 Å². The van der Waals surface area contributed by atoms with Gasteiger partial charge in [0.05, 0.1) is 13.2 Å². The molecule has 0 radical (unpaired) electrons. The van der Waals surface area contributed by atoms with Crippen LogP contribution in [0.2, 0.25) is 5.02 Å². The van der Waals surface area contributed by atoms with Gasteiger partial charge in [0.25, 0.3) is 0 Å². The first kappa shape index (κ1) is 21.7. The number of nitrogens with zero attached hydrogens (tertiary/aromatic N) is 2. The molecule has 2 amide bonds. The number of aromatic nitrogens is 1. The Morgan fingerprint density at radius 3 is 2.66 bits per heavy atom. The molecule has 176 valence electrons. The van der Waals surface area contributed by atoms with Gasteiger partial charge in [-0.25, -0.2) is 0 Å². The number of H-pyrrole nitrogens is 1. The van der Waals surface area contributed by atoms with Gasteiger partial charge in [0, 0.05) is 34.6 Å². The van der Waals surface area contributed by atoms with Gasteiger partial charge >= 0.3 is 0 Å². The molecule has 0 saturated carbocycles. The Morgan fingerprint density at radius 2 is 1.83 bits per heavy atom. The van der Waals surface area contributed by atoms with Crippen LogP contribution in [0.15, 0.2) is 72.8 Å². The van der Waals surface area contributed by atoms with E-state index in [-0.39, 0.29) is 18.4 Å². The molecule has 6 rings (SSSR count). The highest BCUT2D eigenvalue weighted by molar-refractivity contribution is 6.31. The van der Waals surface area contributed by atoms with E-state index in [1.807, 2.05) is 60.7 Å². The summed E-state index contributed by atoms with van der Waals surface area (Å²) in [6.07, 6.45) is 0.462. The number of hydrogen-bond donors (Lipinski definition) is 1. The molecule has 2 atom stereocenters. The van der Waals surface area contributed by atoms with Gasteiger partial charge in [0.1, 0.15) is 18.3 Å². The minimum absolute atomic E-state index is 0.0105. The van der Waals surface area contributed by atoms with Crippen molar-refractivity contribution in [3.8, 4) is 5.75 Å². The van der Waals surface area contributed by atoms with Crippen LogP contribution in [0, 0.1) is 0 Å². The van der Waals surface area contributed by atoms with E-state index in [2.05, 4.69) is 11.1 Å². The topological polar surface area (TPSA) is 65.6 Å². The van der Waals surface area contributed by atoms with Gasteiger partial charge in [-0.2, -0.15) is 0 Å². The Kier molecular flexibility index (Phi) is 5.26. The van der Waals surface area contributed by atoms with Crippen LogP contribution in [0.1, 0.15) is 28.4 Å². The summed E-state index contributed by atoms with van der Waals surface area (Å²) in [6, 6.07) is 22.2. The van der Waals surface area contributed by atoms with Crippen molar-refractivity contribution in [1.82, 2.24) is 14.8 Å². The number of para-hydroxylation sites is 1. The number of hydrogen-bond acceptors (Lipinski definition) is 3. The number of rotatable bonds is 4. The van der Waals surface area contributed by atoms with Gasteiger partial charge in [-0.15, -0.1) is 0 Å². The number of carbonyl (C=O) groups excluding carboxylic acids is 2. The standard InChI is InChI=1S/C28H24ClN3O3/c1-35-19-9-6-8-17(13-19)27-26-21(20-10-3-5-12-23(20)30-26)14-24-28(34)31(16-25(33)32(24)27)15-18-7-2-4-11-22(18)29/h2-13,24,27,30H,14-16H2,1H3/t24-,27-/m0/s1. The van der Waals surface area contributed by atoms with Crippen LogP contribution in [-0.2, 0) is 22.6 Å². The van der Waals surface area contributed by atoms with E-state index in [0.29, 0.717) is 23.7 Å². The number of nitrogens with one attached hydrogen (secondary N) is 1. The van der Waals surface area contributed by atoms with E-state index in [9.17, 15) is 9.59 Å². The number of fused-ring (bicyclic) bond motifs is 4. The lowest BCUT2D eigenvalue weighted by molar-refractivity contribution is -0.159. The normalized spacial score (nSPS) is 19.6. The summed E-state index contributed by atoms with van der Waals surface area (Å²) in [7, 11) is 1.62. The van der Waals surface area contributed by atoms with Crippen molar-refractivity contribution >= 4 is 34.3 Å². The van der Waals surface area contributed by atoms with Gasteiger partial charge in [0.2, 0.25) is 11.8 Å². The molecule has 0 aliphatic carbocycles. The van der Waals surface area contributed by atoms with Crippen molar-refractivity contribution < 1.29 is 14.3 Å². The molecule has 4 aromatic rings. The molecule has 0 unspecified atom stereocenters. The highest BCUT2D eigenvalue weighted by Crippen LogP contribution is 2.43. The summed E-state index contributed by atoms with van der Waals surface area (Å²) < 4.78 is 5.47. The van der Waals surface area contributed by atoms with Gasteiger partial charge < -0.3 is 19.5 Å². The van der Waals surface area contributed by atoms with E-state index < -0.39 is 12.1 Å². The molecule has 3 heterocycles. The Bertz CT molecular complexity index is 1460. The number of methoxy groups -OCH3 is 1. The second-order valence-corrected chi connectivity index (χ2v) is 9.46. The Labute approximate surface area is 208 Å². The van der Waals surface area contributed by atoms with Crippen molar-refractivity contribution in [3.05, 3.63) is 100 Å². The highest BCUT2D eigenvalue weighted by atomic mass is 35.5. The maximum Gasteiger partial charge on any atom is 0.246 e. The third kappa shape index (κ3) is 3.56. The molecule has 0 bridgehead atoms. The van der Waals surface area contributed by atoms with E-state index in [1.54, 1.807) is 23.0 Å².